The lowest BCUT2D eigenvalue weighted by atomic mass is 10.3. The van der Waals surface area contributed by atoms with Gasteiger partial charge in [-0.3, -0.25) is 4.79 Å². The van der Waals surface area contributed by atoms with Crippen LogP contribution in [0.15, 0.2) is 30.6 Å². The predicted octanol–water partition coefficient (Wildman–Crippen LogP) is 3.32. The zero-order valence-corrected chi connectivity index (χ0v) is 12.0. The van der Waals surface area contributed by atoms with Gasteiger partial charge in [0.25, 0.3) is 5.91 Å². The third-order valence-corrected chi connectivity index (χ3v) is 2.96. The van der Waals surface area contributed by atoms with E-state index in [1.807, 2.05) is 13.8 Å². The summed E-state index contributed by atoms with van der Waals surface area (Å²) in [6.07, 6.45) is 3.13. The molecule has 100 valence electrons. The molecule has 0 spiro atoms. The number of hydrogen-bond acceptors (Lipinski definition) is 2. The summed E-state index contributed by atoms with van der Waals surface area (Å²) in [5.41, 5.74) is 1.16. The summed E-state index contributed by atoms with van der Waals surface area (Å²) in [5, 5.41) is 7.97. The summed E-state index contributed by atoms with van der Waals surface area (Å²) in [6, 6.07) is 5.18. The van der Waals surface area contributed by atoms with E-state index < -0.39 is 0 Å². The number of carbonyl (C=O) groups is 1. The van der Waals surface area contributed by atoms with E-state index in [9.17, 15) is 4.79 Å². The highest BCUT2D eigenvalue weighted by Gasteiger charge is 2.11. The molecular formula is C13H13Cl2N3O. The smallest absolute Gasteiger partial charge is 0.254 e. The summed E-state index contributed by atoms with van der Waals surface area (Å²) >= 11 is 11.9. The molecule has 0 bridgehead atoms. The molecule has 1 heterocycles. The number of halogens is 2. The maximum Gasteiger partial charge on any atom is 0.254 e. The van der Waals surface area contributed by atoms with Gasteiger partial charge in [-0.1, -0.05) is 23.2 Å². The van der Waals surface area contributed by atoms with Crippen LogP contribution in [0.4, 0.5) is 0 Å². The Kier molecular flexibility index (Phi) is 4.12. The van der Waals surface area contributed by atoms with Crippen molar-refractivity contribution in [2.24, 2.45) is 0 Å². The SMILES string of the molecule is CC(C)NC(=O)c1cnn(-c2ccc(Cl)cc2Cl)c1. The molecular weight excluding hydrogens is 285 g/mol. The largest absolute Gasteiger partial charge is 0.350 e. The Morgan fingerprint density at radius 3 is 2.74 bits per heavy atom. The number of amides is 1. The molecule has 0 unspecified atom stereocenters. The second-order valence-corrected chi connectivity index (χ2v) is 5.24. The van der Waals surface area contributed by atoms with Gasteiger partial charge in [0.15, 0.2) is 0 Å². The van der Waals surface area contributed by atoms with Crippen molar-refractivity contribution >= 4 is 29.1 Å². The number of rotatable bonds is 3. The second-order valence-electron chi connectivity index (χ2n) is 4.40. The van der Waals surface area contributed by atoms with E-state index in [2.05, 4.69) is 10.4 Å². The Morgan fingerprint density at radius 1 is 1.37 bits per heavy atom. The Morgan fingerprint density at radius 2 is 2.11 bits per heavy atom. The van der Waals surface area contributed by atoms with Crippen LogP contribution in [-0.4, -0.2) is 21.7 Å². The van der Waals surface area contributed by atoms with E-state index >= 15 is 0 Å². The zero-order valence-electron chi connectivity index (χ0n) is 10.5. The summed E-state index contributed by atoms with van der Waals surface area (Å²) in [5.74, 6) is -0.161. The molecule has 0 aliphatic heterocycles. The lowest BCUT2D eigenvalue weighted by Gasteiger charge is -2.06. The van der Waals surface area contributed by atoms with Crippen LogP contribution in [0.25, 0.3) is 5.69 Å². The number of benzene rings is 1. The fourth-order valence-electron chi connectivity index (χ4n) is 1.58. The normalized spacial score (nSPS) is 10.8. The Bertz CT molecular complexity index is 608. The van der Waals surface area contributed by atoms with Gasteiger partial charge in [0.1, 0.15) is 0 Å². The van der Waals surface area contributed by atoms with Crippen molar-refractivity contribution in [3.05, 3.63) is 46.2 Å². The highest BCUT2D eigenvalue weighted by Crippen LogP contribution is 2.24. The Balaban J connectivity index is 2.28. The van der Waals surface area contributed by atoms with Gasteiger partial charge in [0, 0.05) is 17.3 Å². The van der Waals surface area contributed by atoms with Crippen LogP contribution in [0.2, 0.25) is 10.0 Å². The molecule has 2 rings (SSSR count). The topological polar surface area (TPSA) is 46.9 Å². The van der Waals surface area contributed by atoms with E-state index in [0.717, 1.165) is 0 Å². The molecule has 1 amide bonds. The zero-order chi connectivity index (χ0) is 14.0. The van der Waals surface area contributed by atoms with E-state index in [0.29, 0.717) is 21.3 Å². The first-order valence-electron chi connectivity index (χ1n) is 5.78. The van der Waals surface area contributed by atoms with Gasteiger partial charge in [-0.05, 0) is 32.0 Å². The van der Waals surface area contributed by atoms with Gasteiger partial charge in [-0.15, -0.1) is 0 Å². The van der Waals surface area contributed by atoms with E-state index in [4.69, 9.17) is 23.2 Å². The molecule has 1 N–H and O–H groups in total. The molecule has 0 fully saturated rings. The quantitative estimate of drug-likeness (QED) is 0.945. The molecule has 1 aromatic heterocycles. The summed E-state index contributed by atoms with van der Waals surface area (Å²) < 4.78 is 1.55. The molecule has 0 atom stereocenters. The molecule has 2 aromatic rings. The van der Waals surface area contributed by atoms with Crippen LogP contribution in [0.3, 0.4) is 0 Å². The van der Waals surface area contributed by atoms with Crippen LogP contribution in [-0.2, 0) is 0 Å². The van der Waals surface area contributed by atoms with Crippen molar-refractivity contribution in [1.82, 2.24) is 15.1 Å². The van der Waals surface area contributed by atoms with Gasteiger partial charge >= 0.3 is 0 Å². The molecule has 0 aliphatic carbocycles. The van der Waals surface area contributed by atoms with E-state index in [-0.39, 0.29) is 11.9 Å². The molecule has 0 aliphatic rings. The lowest BCUT2D eigenvalue weighted by Crippen LogP contribution is -2.29. The van der Waals surface area contributed by atoms with E-state index in [1.54, 1.807) is 29.1 Å². The minimum absolute atomic E-state index is 0.0787. The minimum atomic E-state index is -0.161. The molecule has 6 heteroatoms. The third kappa shape index (κ3) is 3.28. The number of aromatic nitrogens is 2. The second kappa shape index (κ2) is 5.63. The van der Waals surface area contributed by atoms with Gasteiger partial charge < -0.3 is 5.32 Å². The highest BCUT2D eigenvalue weighted by molar-refractivity contribution is 6.35. The lowest BCUT2D eigenvalue weighted by molar-refractivity contribution is 0.0943. The van der Waals surface area contributed by atoms with Gasteiger partial charge in [-0.25, -0.2) is 4.68 Å². The highest BCUT2D eigenvalue weighted by atomic mass is 35.5. The van der Waals surface area contributed by atoms with Crippen LogP contribution < -0.4 is 5.32 Å². The fraction of sp³-hybridized carbons (Fsp3) is 0.231. The van der Waals surface area contributed by atoms with Crippen LogP contribution >= 0.6 is 23.2 Å². The van der Waals surface area contributed by atoms with Crippen LogP contribution in [0.5, 0.6) is 0 Å². The van der Waals surface area contributed by atoms with Gasteiger partial charge in [-0.2, -0.15) is 5.10 Å². The van der Waals surface area contributed by atoms with Crippen molar-refractivity contribution in [2.45, 2.75) is 19.9 Å². The average molecular weight is 298 g/mol. The summed E-state index contributed by atoms with van der Waals surface area (Å²) in [6.45, 7) is 3.80. The minimum Gasteiger partial charge on any atom is -0.350 e. The van der Waals surface area contributed by atoms with Crippen LogP contribution in [0, 0.1) is 0 Å². The fourth-order valence-corrected chi connectivity index (χ4v) is 2.08. The van der Waals surface area contributed by atoms with Gasteiger partial charge in [0.05, 0.1) is 22.5 Å². The average Bonchev–Trinajstić information content (AvgIpc) is 2.77. The maximum atomic E-state index is 11.8. The first-order chi connectivity index (χ1) is 8.97. The predicted molar refractivity (Wildman–Crippen MR) is 76.2 cm³/mol. The third-order valence-electron chi connectivity index (χ3n) is 2.42. The van der Waals surface area contributed by atoms with Gasteiger partial charge in [0.2, 0.25) is 0 Å². The molecule has 0 saturated heterocycles. The number of hydrogen-bond donors (Lipinski definition) is 1. The first-order valence-corrected chi connectivity index (χ1v) is 6.54. The number of nitrogens with one attached hydrogen (secondary N) is 1. The van der Waals surface area contributed by atoms with Crippen molar-refractivity contribution in [1.29, 1.82) is 0 Å². The first kappa shape index (κ1) is 13.9. The monoisotopic (exact) mass is 297 g/mol. The van der Waals surface area contributed by atoms with Crippen molar-refractivity contribution in [3.63, 3.8) is 0 Å². The molecule has 0 saturated carbocycles. The van der Waals surface area contributed by atoms with Crippen molar-refractivity contribution in [2.75, 3.05) is 0 Å². The molecule has 4 nitrogen and oxygen atoms in total. The van der Waals surface area contributed by atoms with E-state index in [1.165, 1.54) is 6.20 Å². The maximum absolute atomic E-state index is 11.8. The molecule has 19 heavy (non-hydrogen) atoms. The number of nitrogens with zero attached hydrogens (tertiary/aromatic N) is 2. The summed E-state index contributed by atoms with van der Waals surface area (Å²) in [4.78, 5) is 11.8. The Hall–Kier alpha value is -1.52. The van der Waals surface area contributed by atoms with Crippen molar-refractivity contribution < 1.29 is 4.79 Å². The Labute approximate surface area is 121 Å². The standard InChI is InChI=1S/C13H13Cl2N3O/c1-8(2)17-13(19)9-6-16-18(7-9)12-4-3-10(14)5-11(12)15/h3-8H,1-2H3,(H,17,19). The van der Waals surface area contributed by atoms with Crippen molar-refractivity contribution in [3.8, 4) is 5.69 Å². The molecule has 0 radical (unpaired) electrons. The molecule has 1 aromatic carbocycles. The number of carbonyl (C=O) groups excluding carboxylic acids is 1. The van der Waals surface area contributed by atoms with Crippen LogP contribution in [0.1, 0.15) is 24.2 Å². The summed E-state index contributed by atoms with van der Waals surface area (Å²) in [7, 11) is 0.